The molecule has 2 N–H and O–H groups in total. The van der Waals surface area contributed by atoms with E-state index < -0.39 is 38.7 Å². The maximum absolute atomic E-state index is 14.0. The Morgan fingerprint density at radius 1 is 1.07 bits per heavy atom. The van der Waals surface area contributed by atoms with Gasteiger partial charge in [-0.05, 0) is 42.9 Å². The molecule has 0 heterocycles. The van der Waals surface area contributed by atoms with Gasteiger partial charge >= 0.3 is 5.97 Å². The van der Waals surface area contributed by atoms with E-state index in [0.717, 1.165) is 25.0 Å². The van der Waals surface area contributed by atoms with Gasteiger partial charge in [0, 0.05) is 0 Å². The van der Waals surface area contributed by atoms with E-state index in [0.29, 0.717) is 18.1 Å². The molecule has 1 saturated carbocycles. The molecule has 0 radical (unpaired) electrons. The molecule has 2 aromatic carbocycles. The molecule has 1 fully saturated rings. The Morgan fingerprint density at radius 3 is 2.40 bits per heavy atom. The summed E-state index contributed by atoms with van der Waals surface area (Å²) in [5, 5.41) is 2.40. The molecule has 0 aliphatic heterocycles. The van der Waals surface area contributed by atoms with Crippen LogP contribution in [-0.4, -0.2) is 39.5 Å². The van der Waals surface area contributed by atoms with Gasteiger partial charge in [-0.25, -0.2) is 12.8 Å². The molecule has 30 heavy (non-hydrogen) atoms. The quantitative estimate of drug-likeness (QED) is 0.555. The number of carbonyl (C=O) groups excluding carboxylic acids is 2. The van der Waals surface area contributed by atoms with E-state index in [1.54, 1.807) is 30.3 Å². The van der Waals surface area contributed by atoms with Crippen LogP contribution in [-0.2, 0) is 30.8 Å². The van der Waals surface area contributed by atoms with Crippen molar-refractivity contribution in [1.29, 1.82) is 0 Å². The monoisotopic (exact) mass is 434 g/mol. The van der Waals surface area contributed by atoms with Crippen LogP contribution in [0.4, 0.5) is 4.39 Å². The van der Waals surface area contributed by atoms with Crippen molar-refractivity contribution in [2.24, 2.45) is 5.92 Å². The Bertz CT molecular complexity index is 993. The highest BCUT2D eigenvalue weighted by molar-refractivity contribution is 7.89. The van der Waals surface area contributed by atoms with Gasteiger partial charge in [0.15, 0.2) is 0 Å². The Hall–Kier alpha value is -2.78. The molecule has 3 rings (SSSR count). The van der Waals surface area contributed by atoms with Gasteiger partial charge in [-0.2, -0.15) is 4.72 Å². The number of amides is 1. The predicted octanol–water partition coefficient (Wildman–Crippen LogP) is 1.78. The topological polar surface area (TPSA) is 102 Å². The highest BCUT2D eigenvalue weighted by Gasteiger charge is 2.28. The number of nitrogens with one attached hydrogen (secondary N) is 2. The van der Waals surface area contributed by atoms with Gasteiger partial charge in [0.1, 0.15) is 23.3 Å². The van der Waals surface area contributed by atoms with Crippen molar-refractivity contribution in [3.63, 3.8) is 0 Å². The van der Waals surface area contributed by atoms with Crippen molar-refractivity contribution in [3.05, 3.63) is 66.0 Å². The Kier molecular flexibility index (Phi) is 7.17. The second-order valence-corrected chi connectivity index (χ2v) is 8.82. The number of benzene rings is 2. The van der Waals surface area contributed by atoms with E-state index in [-0.39, 0.29) is 13.0 Å². The van der Waals surface area contributed by atoms with Crippen LogP contribution < -0.4 is 10.0 Å². The summed E-state index contributed by atoms with van der Waals surface area (Å²) in [5.74, 6) is -1.83. The second-order valence-electron chi connectivity index (χ2n) is 7.14. The predicted molar refractivity (Wildman–Crippen MR) is 107 cm³/mol. The molecular weight excluding hydrogens is 411 g/mol. The van der Waals surface area contributed by atoms with Crippen LogP contribution in [0.3, 0.4) is 0 Å². The lowest BCUT2D eigenvalue weighted by Gasteiger charge is -2.19. The average molecular weight is 434 g/mol. The zero-order valence-corrected chi connectivity index (χ0v) is 17.0. The third-order valence-electron chi connectivity index (χ3n) is 4.61. The van der Waals surface area contributed by atoms with E-state index in [1.807, 2.05) is 0 Å². The molecular formula is C21H23FN2O5S. The minimum atomic E-state index is -4.31. The molecule has 1 amide bonds. The lowest BCUT2D eigenvalue weighted by atomic mass is 10.1. The molecule has 0 saturated heterocycles. The molecule has 2 aromatic rings. The van der Waals surface area contributed by atoms with Crippen molar-refractivity contribution in [3.8, 4) is 0 Å². The summed E-state index contributed by atoms with van der Waals surface area (Å²) in [5.41, 5.74) is 0.699. The third-order valence-corrected chi connectivity index (χ3v) is 6.11. The standard InChI is InChI=1S/C21H23FN2O5S/c22-17-8-4-5-9-19(17)30(27,28)24-18(12-15-6-2-1-3-7-15)21(26)23-13-20(25)29-14-16-10-11-16/h1-9,16,18,24H,10-14H2,(H,23,26)/t18-/m0/s1. The van der Waals surface area contributed by atoms with Crippen LogP contribution >= 0.6 is 0 Å². The molecule has 1 aliphatic carbocycles. The van der Waals surface area contributed by atoms with E-state index >= 15 is 0 Å². The lowest BCUT2D eigenvalue weighted by Crippen LogP contribution is -2.49. The Labute approximate surface area is 174 Å². The fourth-order valence-corrected chi connectivity index (χ4v) is 4.05. The van der Waals surface area contributed by atoms with Crippen LogP contribution in [0.5, 0.6) is 0 Å². The molecule has 7 nitrogen and oxygen atoms in total. The zero-order valence-electron chi connectivity index (χ0n) is 16.2. The van der Waals surface area contributed by atoms with Gasteiger partial charge in [0.05, 0.1) is 6.61 Å². The summed E-state index contributed by atoms with van der Waals surface area (Å²) < 4.78 is 46.6. The van der Waals surface area contributed by atoms with Gasteiger partial charge in [0.2, 0.25) is 15.9 Å². The normalized spacial score (nSPS) is 14.7. The van der Waals surface area contributed by atoms with Crippen molar-refractivity contribution in [1.82, 2.24) is 10.0 Å². The summed E-state index contributed by atoms with van der Waals surface area (Å²) in [7, 11) is -4.31. The first-order valence-electron chi connectivity index (χ1n) is 9.59. The SMILES string of the molecule is O=C(CNC(=O)[C@H](Cc1ccccc1)NS(=O)(=O)c1ccccc1F)OCC1CC1. The van der Waals surface area contributed by atoms with Crippen LogP contribution in [0.25, 0.3) is 0 Å². The first-order valence-corrected chi connectivity index (χ1v) is 11.1. The average Bonchev–Trinajstić information content (AvgIpc) is 3.55. The largest absolute Gasteiger partial charge is 0.464 e. The van der Waals surface area contributed by atoms with Gasteiger partial charge in [-0.15, -0.1) is 0 Å². The highest BCUT2D eigenvalue weighted by Crippen LogP contribution is 2.28. The number of hydrogen-bond donors (Lipinski definition) is 2. The van der Waals surface area contributed by atoms with E-state index in [1.165, 1.54) is 12.1 Å². The summed E-state index contributed by atoms with van der Waals surface area (Å²) in [6, 6.07) is 12.4. The number of rotatable bonds is 10. The van der Waals surface area contributed by atoms with E-state index in [2.05, 4.69) is 10.0 Å². The minimum absolute atomic E-state index is 0.0253. The second kappa shape index (κ2) is 9.82. The molecule has 0 aromatic heterocycles. The van der Waals surface area contributed by atoms with Crippen LogP contribution in [0.2, 0.25) is 0 Å². The van der Waals surface area contributed by atoms with Crippen LogP contribution in [0.1, 0.15) is 18.4 Å². The lowest BCUT2D eigenvalue weighted by molar-refractivity contribution is -0.144. The number of halogens is 1. The van der Waals surface area contributed by atoms with Crippen LogP contribution in [0, 0.1) is 11.7 Å². The highest BCUT2D eigenvalue weighted by atomic mass is 32.2. The molecule has 160 valence electrons. The molecule has 1 aliphatic rings. The summed E-state index contributed by atoms with van der Waals surface area (Å²) >= 11 is 0. The maximum Gasteiger partial charge on any atom is 0.325 e. The first-order chi connectivity index (χ1) is 14.3. The fraction of sp³-hybridized carbons (Fsp3) is 0.333. The van der Waals surface area contributed by atoms with Crippen molar-refractivity contribution in [2.45, 2.75) is 30.2 Å². The molecule has 1 atom stereocenters. The van der Waals surface area contributed by atoms with Gasteiger partial charge in [-0.3, -0.25) is 9.59 Å². The summed E-state index contributed by atoms with van der Waals surface area (Å²) in [4.78, 5) is 23.9. The first kappa shape index (κ1) is 21.9. The van der Waals surface area contributed by atoms with Gasteiger partial charge < -0.3 is 10.1 Å². The number of ether oxygens (including phenoxy) is 1. The van der Waals surface area contributed by atoms with Crippen molar-refractivity contribution >= 4 is 21.9 Å². The van der Waals surface area contributed by atoms with Crippen LogP contribution in [0.15, 0.2) is 59.5 Å². The van der Waals surface area contributed by atoms with E-state index in [4.69, 9.17) is 4.74 Å². The maximum atomic E-state index is 14.0. The molecule has 9 heteroatoms. The zero-order chi connectivity index (χ0) is 21.6. The summed E-state index contributed by atoms with van der Waals surface area (Å²) in [6.07, 6.45) is 2.07. The Morgan fingerprint density at radius 2 is 1.73 bits per heavy atom. The number of carbonyl (C=O) groups is 2. The van der Waals surface area contributed by atoms with Crippen molar-refractivity contribution < 1.29 is 27.1 Å². The van der Waals surface area contributed by atoms with E-state index in [9.17, 15) is 22.4 Å². The van der Waals surface area contributed by atoms with Crippen molar-refractivity contribution in [2.75, 3.05) is 13.2 Å². The number of hydrogen-bond acceptors (Lipinski definition) is 5. The van der Waals surface area contributed by atoms with Gasteiger partial charge in [0.25, 0.3) is 0 Å². The summed E-state index contributed by atoms with van der Waals surface area (Å²) in [6.45, 7) is -0.0552. The van der Waals surface area contributed by atoms with Gasteiger partial charge in [-0.1, -0.05) is 42.5 Å². The number of sulfonamides is 1. The smallest absolute Gasteiger partial charge is 0.325 e. The third kappa shape index (κ3) is 6.36. The number of esters is 1. The molecule has 0 spiro atoms. The molecule has 0 bridgehead atoms. The molecule has 0 unspecified atom stereocenters. The minimum Gasteiger partial charge on any atom is -0.464 e. The Balaban J connectivity index is 1.70. The fourth-order valence-electron chi connectivity index (χ4n) is 2.78.